The van der Waals surface area contributed by atoms with Gasteiger partial charge in [0.05, 0.1) is 22.8 Å². The summed E-state index contributed by atoms with van der Waals surface area (Å²) in [6.45, 7) is 0.771. The number of aromatic nitrogens is 1. The Labute approximate surface area is 147 Å². The number of rotatable bonds is 7. The van der Waals surface area contributed by atoms with E-state index in [4.69, 9.17) is 16.3 Å². The molecule has 0 aromatic carbocycles. The molecule has 25 heavy (non-hydrogen) atoms. The first kappa shape index (κ1) is 19.7. The Balaban J connectivity index is 1.97. The zero-order valence-electron chi connectivity index (χ0n) is 12.9. The van der Waals surface area contributed by atoms with Crippen LogP contribution in [-0.2, 0) is 10.0 Å². The van der Waals surface area contributed by atoms with Crippen molar-refractivity contribution >= 4 is 27.5 Å². The third-order valence-corrected chi connectivity index (χ3v) is 4.75. The van der Waals surface area contributed by atoms with E-state index in [2.05, 4.69) is 10.3 Å². The second-order valence-electron chi connectivity index (χ2n) is 5.53. The van der Waals surface area contributed by atoms with Gasteiger partial charge in [-0.1, -0.05) is 11.6 Å². The van der Waals surface area contributed by atoms with Crippen LogP contribution in [0, 0.1) is 0 Å². The van der Waals surface area contributed by atoms with Gasteiger partial charge in [-0.2, -0.15) is 13.2 Å². The predicted octanol–water partition coefficient (Wildman–Crippen LogP) is 1.83. The molecule has 1 aromatic rings. The lowest BCUT2D eigenvalue weighted by Gasteiger charge is -2.16. The molecule has 140 valence electrons. The van der Waals surface area contributed by atoms with E-state index in [9.17, 15) is 26.4 Å². The first-order chi connectivity index (χ1) is 11.5. The molecule has 1 aromatic heterocycles. The first-order valence-electron chi connectivity index (χ1n) is 7.17. The SMILES string of the molecule is CC(COc1cc(C(=O)NC2CC2)c(Cl)cn1)NS(=O)(=O)C(F)(F)F. The van der Waals surface area contributed by atoms with E-state index in [1.54, 1.807) is 0 Å². The van der Waals surface area contributed by atoms with Gasteiger partial charge in [-0.05, 0) is 19.8 Å². The van der Waals surface area contributed by atoms with Crippen molar-refractivity contribution in [1.29, 1.82) is 0 Å². The molecule has 1 unspecified atom stereocenters. The maximum absolute atomic E-state index is 12.3. The summed E-state index contributed by atoms with van der Waals surface area (Å²) in [5, 5.41) is 2.82. The Hall–Kier alpha value is -1.59. The lowest BCUT2D eigenvalue weighted by atomic mass is 10.2. The Morgan fingerprint density at radius 3 is 2.68 bits per heavy atom. The molecule has 2 rings (SSSR count). The van der Waals surface area contributed by atoms with Crippen molar-refractivity contribution in [3.8, 4) is 5.88 Å². The molecule has 2 N–H and O–H groups in total. The minimum Gasteiger partial charge on any atom is -0.476 e. The summed E-state index contributed by atoms with van der Waals surface area (Å²) in [7, 11) is -5.47. The maximum Gasteiger partial charge on any atom is 0.511 e. The number of nitrogens with zero attached hydrogens (tertiary/aromatic N) is 1. The van der Waals surface area contributed by atoms with Crippen molar-refractivity contribution < 1.29 is 31.1 Å². The smallest absolute Gasteiger partial charge is 0.476 e. The molecule has 7 nitrogen and oxygen atoms in total. The number of hydrogen-bond acceptors (Lipinski definition) is 5. The number of ether oxygens (including phenoxy) is 1. The van der Waals surface area contributed by atoms with E-state index >= 15 is 0 Å². The van der Waals surface area contributed by atoms with Gasteiger partial charge >= 0.3 is 15.5 Å². The van der Waals surface area contributed by atoms with Gasteiger partial charge in [-0.25, -0.2) is 18.1 Å². The van der Waals surface area contributed by atoms with Gasteiger partial charge in [-0.3, -0.25) is 4.79 Å². The summed E-state index contributed by atoms with van der Waals surface area (Å²) in [6.07, 6.45) is 2.94. The van der Waals surface area contributed by atoms with Crippen LogP contribution in [0.1, 0.15) is 30.1 Å². The van der Waals surface area contributed by atoms with E-state index in [0.717, 1.165) is 12.8 Å². The van der Waals surface area contributed by atoms with Crippen LogP contribution in [0.5, 0.6) is 5.88 Å². The normalized spacial score (nSPS) is 16.4. The monoisotopic (exact) mass is 401 g/mol. The van der Waals surface area contributed by atoms with Crippen LogP contribution in [0.15, 0.2) is 12.3 Å². The topological polar surface area (TPSA) is 97.4 Å². The lowest BCUT2D eigenvalue weighted by Crippen LogP contribution is -2.43. The molecule has 1 aliphatic rings. The highest BCUT2D eigenvalue weighted by Gasteiger charge is 2.46. The minimum absolute atomic E-state index is 0.0663. The number of pyridine rings is 1. The Morgan fingerprint density at radius 1 is 1.48 bits per heavy atom. The molecule has 1 atom stereocenters. The highest BCUT2D eigenvalue weighted by Crippen LogP contribution is 2.24. The molecule has 1 heterocycles. The highest BCUT2D eigenvalue weighted by molar-refractivity contribution is 7.90. The van der Waals surface area contributed by atoms with E-state index in [1.807, 2.05) is 0 Å². The average molecular weight is 402 g/mol. The zero-order chi connectivity index (χ0) is 18.8. The summed E-state index contributed by atoms with van der Waals surface area (Å²) in [5.74, 6) is -0.478. The molecule has 0 saturated heterocycles. The molecule has 1 saturated carbocycles. The zero-order valence-corrected chi connectivity index (χ0v) is 14.5. The van der Waals surface area contributed by atoms with E-state index in [-0.39, 0.29) is 22.5 Å². The number of carbonyl (C=O) groups is 1. The number of nitrogens with one attached hydrogen (secondary N) is 2. The Morgan fingerprint density at radius 2 is 2.12 bits per heavy atom. The number of amides is 1. The molecule has 0 bridgehead atoms. The Bertz CT molecular complexity index is 753. The fourth-order valence-corrected chi connectivity index (χ4v) is 2.66. The van der Waals surface area contributed by atoms with Crippen LogP contribution in [-0.4, -0.2) is 43.5 Å². The van der Waals surface area contributed by atoms with E-state index < -0.39 is 34.1 Å². The number of halogens is 4. The van der Waals surface area contributed by atoms with Crippen molar-refractivity contribution in [2.45, 2.75) is 37.4 Å². The lowest BCUT2D eigenvalue weighted by molar-refractivity contribution is -0.0451. The molecule has 1 aliphatic carbocycles. The fourth-order valence-electron chi connectivity index (χ4n) is 1.74. The van der Waals surface area contributed by atoms with Crippen LogP contribution < -0.4 is 14.8 Å². The molecule has 0 aliphatic heterocycles. The quantitative estimate of drug-likeness (QED) is 0.726. The number of carbonyl (C=O) groups excluding carboxylic acids is 1. The summed E-state index contributed by atoms with van der Waals surface area (Å²) < 4.78 is 65.4. The third-order valence-electron chi connectivity index (χ3n) is 3.13. The molecule has 0 radical (unpaired) electrons. The number of alkyl halides is 3. The molecule has 1 amide bonds. The van der Waals surface area contributed by atoms with Gasteiger partial charge in [-0.15, -0.1) is 0 Å². The van der Waals surface area contributed by atoms with Crippen LogP contribution >= 0.6 is 11.6 Å². The van der Waals surface area contributed by atoms with Crippen LogP contribution in [0.2, 0.25) is 5.02 Å². The maximum atomic E-state index is 12.3. The summed E-state index contributed by atoms with van der Waals surface area (Å²) in [5.41, 5.74) is -5.30. The van der Waals surface area contributed by atoms with Gasteiger partial charge < -0.3 is 10.1 Å². The second kappa shape index (κ2) is 7.34. The molecule has 1 fully saturated rings. The third kappa shape index (κ3) is 5.44. The van der Waals surface area contributed by atoms with Crippen molar-refractivity contribution in [1.82, 2.24) is 15.0 Å². The van der Waals surface area contributed by atoms with Crippen LogP contribution in [0.3, 0.4) is 0 Å². The van der Waals surface area contributed by atoms with Gasteiger partial charge in [0, 0.05) is 12.1 Å². The van der Waals surface area contributed by atoms with Crippen molar-refractivity contribution in [2.24, 2.45) is 0 Å². The van der Waals surface area contributed by atoms with Gasteiger partial charge in [0.25, 0.3) is 5.91 Å². The second-order valence-corrected chi connectivity index (χ2v) is 7.64. The summed E-state index contributed by atoms with van der Waals surface area (Å²) in [4.78, 5) is 15.8. The highest BCUT2D eigenvalue weighted by atomic mass is 35.5. The Kier molecular flexibility index (Phi) is 5.79. The van der Waals surface area contributed by atoms with Crippen molar-refractivity contribution in [2.75, 3.05) is 6.61 Å². The van der Waals surface area contributed by atoms with Gasteiger partial charge in [0.15, 0.2) is 0 Å². The van der Waals surface area contributed by atoms with Crippen LogP contribution in [0.25, 0.3) is 0 Å². The predicted molar refractivity (Wildman–Crippen MR) is 82.8 cm³/mol. The summed E-state index contributed by atoms with van der Waals surface area (Å²) >= 11 is 5.90. The van der Waals surface area contributed by atoms with Gasteiger partial charge in [0.2, 0.25) is 5.88 Å². The van der Waals surface area contributed by atoms with Crippen LogP contribution in [0.4, 0.5) is 13.2 Å². The first-order valence-corrected chi connectivity index (χ1v) is 9.03. The molecule has 0 spiro atoms. The fraction of sp³-hybridized carbons (Fsp3) is 0.538. The number of sulfonamides is 1. The van der Waals surface area contributed by atoms with Crippen molar-refractivity contribution in [3.63, 3.8) is 0 Å². The number of hydrogen-bond donors (Lipinski definition) is 2. The standard InChI is InChI=1S/C13H15ClF3N3O4S/c1-7(20-25(22,23)13(15,16)17)6-24-11-4-9(10(14)5-18-11)12(21)19-8-2-3-8/h4-5,7-8,20H,2-3,6H2,1H3,(H,19,21). The molecular formula is C13H15ClF3N3O4S. The van der Waals surface area contributed by atoms with Gasteiger partial charge in [0.1, 0.15) is 6.61 Å². The molecular weight excluding hydrogens is 387 g/mol. The van der Waals surface area contributed by atoms with E-state index in [0.29, 0.717) is 0 Å². The minimum atomic E-state index is -5.47. The molecule has 12 heteroatoms. The summed E-state index contributed by atoms with van der Waals surface area (Å²) in [6, 6.07) is 0.177. The van der Waals surface area contributed by atoms with Crippen molar-refractivity contribution in [3.05, 3.63) is 22.8 Å². The van der Waals surface area contributed by atoms with E-state index in [1.165, 1.54) is 23.9 Å². The average Bonchev–Trinajstić information content (AvgIpc) is 3.28. The largest absolute Gasteiger partial charge is 0.511 e.